The summed E-state index contributed by atoms with van der Waals surface area (Å²) in [6, 6.07) is 22.1. The minimum absolute atomic E-state index is 0. The van der Waals surface area contributed by atoms with Crippen LogP contribution in [-0.2, 0) is 30.2 Å². The quantitative estimate of drug-likeness (QED) is 0.0644. The summed E-state index contributed by atoms with van der Waals surface area (Å²) in [7, 11) is -0.240. The molecule has 1 saturated heterocycles. The molecule has 1 aliphatic heterocycles. The predicted molar refractivity (Wildman–Crippen MR) is 185 cm³/mol. The number of halogens is 5. The molecule has 3 aromatic rings. The van der Waals surface area contributed by atoms with Crippen LogP contribution in [0.2, 0.25) is 0 Å². The molecule has 0 atom stereocenters. The third-order valence-corrected chi connectivity index (χ3v) is 14.9. The standard InChI is InChI=1S/C26H40N2P2.C11H4F5.Fe.H/c1-25(2,3)29-19-27(17-23-13-9-7-10-14-23)21-30(26(4,5)6)22-28(20-29)18-24-15-11-8-12-16-24;12-7-6(5-3-1-2-4-5)8(13)10(15)11(16)9(7)14;;/h7-16H,17-22H2,1-6H3;1,4H,3H2;;/q;-1;+2;-1. The van der Waals surface area contributed by atoms with Crippen LogP contribution in [0, 0.1) is 35.2 Å². The first-order valence-electron chi connectivity index (χ1n) is 15.5. The van der Waals surface area contributed by atoms with Crippen LogP contribution in [0.15, 0.2) is 72.8 Å². The number of nitrogens with zero attached hydrogens (tertiary/aromatic N) is 2. The minimum atomic E-state index is -2.14. The first-order valence-corrected chi connectivity index (χ1v) is 18.9. The summed E-state index contributed by atoms with van der Waals surface area (Å²) in [5.41, 5.74) is 2.05. The Morgan fingerprint density at radius 2 is 0.979 bits per heavy atom. The largest absolute Gasteiger partial charge is 2.00 e. The maximum absolute atomic E-state index is 13.3. The van der Waals surface area contributed by atoms with Crippen molar-refractivity contribution in [3.63, 3.8) is 0 Å². The molecule has 0 spiro atoms. The third-order valence-electron chi connectivity index (χ3n) is 8.11. The van der Waals surface area contributed by atoms with Gasteiger partial charge in [-0.25, -0.2) is 28.0 Å². The van der Waals surface area contributed by atoms with E-state index in [0.717, 1.165) is 13.1 Å². The summed E-state index contributed by atoms with van der Waals surface area (Å²) in [6.07, 6.45) is 10.2. The summed E-state index contributed by atoms with van der Waals surface area (Å²) >= 11 is 0. The average molecular weight is 731 g/mol. The van der Waals surface area contributed by atoms with Crippen molar-refractivity contribution in [2.45, 2.75) is 71.4 Å². The van der Waals surface area contributed by atoms with Crippen molar-refractivity contribution in [2.24, 2.45) is 0 Å². The van der Waals surface area contributed by atoms with Crippen molar-refractivity contribution in [1.29, 1.82) is 0 Å². The Morgan fingerprint density at radius 1 is 0.617 bits per heavy atom. The normalized spacial score (nSPS) is 19.3. The SMILES string of the molecule is CC(C)(C)P1CN(Cc2ccccc2)CP(C(C)(C)C)CN(Cc2ccccc2)C1.Fc1c(F)c(F)c(C2=C[C-]=CC2)c(F)c1F.[Fe+2].[H-]. The van der Waals surface area contributed by atoms with Gasteiger partial charge in [0.2, 0.25) is 0 Å². The van der Waals surface area contributed by atoms with Crippen LogP contribution in [0.25, 0.3) is 5.57 Å². The van der Waals surface area contributed by atoms with E-state index in [1.165, 1.54) is 48.4 Å². The molecule has 5 rings (SSSR count). The number of hydrogen-bond acceptors (Lipinski definition) is 2. The molecule has 2 nitrogen and oxygen atoms in total. The van der Waals surface area contributed by atoms with Crippen LogP contribution in [0.3, 0.4) is 0 Å². The van der Waals surface area contributed by atoms with Gasteiger partial charge in [-0.2, -0.15) is 11.6 Å². The summed E-state index contributed by atoms with van der Waals surface area (Å²) in [4.78, 5) is 5.59. The Bertz CT molecular complexity index is 1420. The van der Waals surface area contributed by atoms with E-state index in [2.05, 4.69) is 118 Å². The molecular weight excluding hydrogens is 685 g/mol. The predicted octanol–water partition coefficient (Wildman–Crippen LogP) is 11.0. The number of rotatable bonds is 5. The van der Waals surface area contributed by atoms with Crippen LogP contribution in [0.4, 0.5) is 22.0 Å². The van der Waals surface area contributed by atoms with Crippen molar-refractivity contribution in [1.82, 2.24) is 9.80 Å². The molecule has 256 valence electrons. The van der Waals surface area contributed by atoms with E-state index in [4.69, 9.17) is 0 Å². The van der Waals surface area contributed by atoms with Gasteiger partial charge < -0.3 is 1.43 Å². The first kappa shape index (κ1) is 39.5. The van der Waals surface area contributed by atoms with E-state index in [1.807, 2.05) is 0 Å². The van der Waals surface area contributed by atoms with E-state index in [9.17, 15) is 22.0 Å². The van der Waals surface area contributed by atoms with Crippen LogP contribution in [-0.4, -0.2) is 45.3 Å². The molecule has 1 fully saturated rings. The van der Waals surface area contributed by atoms with Crippen LogP contribution in [0.1, 0.15) is 66.1 Å². The maximum atomic E-state index is 13.3. The fourth-order valence-corrected chi connectivity index (χ4v) is 10.2. The number of allylic oxidation sites excluding steroid dienone is 4. The van der Waals surface area contributed by atoms with E-state index in [1.54, 1.807) is 0 Å². The molecule has 1 heterocycles. The van der Waals surface area contributed by atoms with Gasteiger partial charge in [-0.3, -0.25) is 15.9 Å². The Hall–Kier alpha value is -1.91. The Labute approximate surface area is 292 Å². The van der Waals surface area contributed by atoms with E-state index in [0.29, 0.717) is 10.3 Å². The second-order valence-corrected chi connectivity index (χ2v) is 19.8. The van der Waals surface area contributed by atoms with Crippen LogP contribution in [0.5, 0.6) is 0 Å². The van der Waals surface area contributed by atoms with Gasteiger partial charge in [0.15, 0.2) is 29.1 Å². The molecule has 2 aliphatic rings. The third kappa shape index (κ3) is 10.8. The summed E-state index contributed by atoms with van der Waals surface area (Å²) in [6.45, 7) is 16.9. The molecule has 0 unspecified atom stereocenters. The van der Waals surface area contributed by atoms with Crippen LogP contribution >= 0.6 is 15.8 Å². The molecule has 3 aromatic carbocycles. The molecule has 1 aliphatic carbocycles. The van der Waals surface area contributed by atoms with Crippen molar-refractivity contribution >= 4 is 21.4 Å². The fraction of sp³-hybridized carbons (Fsp3) is 0.405. The van der Waals surface area contributed by atoms with Gasteiger partial charge in [-0.1, -0.05) is 124 Å². The molecule has 47 heavy (non-hydrogen) atoms. The van der Waals surface area contributed by atoms with E-state index in [-0.39, 0.29) is 46.3 Å². The zero-order valence-electron chi connectivity index (χ0n) is 28.9. The fourth-order valence-electron chi connectivity index (χ4n) is 5.32. The van der Waals surface area contributed by atoms with Gasteiger partial charge in [0, 0.05) is 38.2 Å². The van der Waals surface area contributed by atoms with E-state index >= 15 is 0 Å². The van der Waals surface area contributed by atoms with Crippen molar-refractivity contribution in [2.75, 3.05) is 25.1 Å². The van der Waals surface area contributed by atoms with Crippen molar-refractivity contribution in [3.8, 4) is 0 Å². The van der Waals surface area contributed by atoms with Gasteiger partial charge in [-0.15, -0.1) is 0 Å². The molecule has 0 amide bonds. The van der Waals surface area contributed by atoms with E-state index < -0.39 is 34.6 Å². The monoisotopic (exact) mass is 730 g/mol. The van der Waals surface area contributed by atoms with Crippen molar-refractivity contribution in [3.05, 3.63) is 125 Å². The van der Waals surface area contributed by atoms with Gasteiger partial charge in [0.05, 0.1) is 0 Å². The maximum Gasteiger partial charge on any atom is 2.00 e. The van der Waals surface area contributed by atoms with Gasteiger partial charge in [0.1, 0.15) is 0 Å². The number of benzene rings is 3. The molecule has 0 N–H and O–H groups in total. The van der Waals surface area contributed by atoms with Crippen LogP contribution < -0.4 is 0 Å². The molecule has 10 heteroatoms. The molecular formula is C37H45F5FeN2P2. The van der Waals surface area contributed by atoms with Gasteiger partial charge >= 0.3 is 17.1 Å². The minimum Gasteiger partial charge on any atom is -1.00 e. The molecule has 0 aromatic heterocycles. The zero-order chi connectivity index (χ0) is 33.6. The summed E-state index contributed by atoms with van der Waals surface area (Å²) in [5, 5.41) is 0.724. The summed E-state index contributed by atoms with van der Waals surface area (Å²) < 4.78 is 64.9. The number of hydrogen-bond donors (Lipinski definition) is 0. The zero-order valence-corrected chi connectivity index (χ0v) is 30.8. The average Bonchev–Trinajstić information content (AvgIpc) is 3.52. The first-order chi connectivity index (χ1) is 21.6. The topological polar surface area (TPSA) is 6.48 Å². The second-order valence-electron chi connectivity index (χ2n) is 13.8. The second kappa shape index (κ2) is 17.1. The van der Waals surface area contributed by atoms with Gasteiger partial charge in [0.25, 0.3) is 0 Å². The summed E-state index contributed by atoms with van der Waals surface area (Å²) in [5.74, 6) is -9.61. The van der Waals surface area contributed by atoms with Gasteiger partial charge in [-0.05, 0) is 27.0 Å². The Balaban J connectivity index is 0.000000377. The Kier molecular flexibility index (Phi) is 14.4. The van der Waals surface area contributed by atoms with Crippen molar-refractivity contribution < 1.29 is 40.4 Å². The Morgan fingerprint density at radius 3 is 1.30 bits per heavy atom. The molecule has 0 radical (unpaired) electrons. The molecule has 0 saturated carbocycles. The smallest absolute Gasteiger partial charge is 1.00 e. The molecule has 0 bridgehead atoms.